The number of rotatable bonds is 3. The maximum absolute atomic E-state index is 12.1. The van der Waals surface area contributed by atoms with E-state index in [1.165, 1.54) is 24.8 Å². The highest BCUT2D eigenvalue weighted by molar-refractivity contribution is 5.68. The molecular formula is C20H31N2O2+. The lowest BCUT2D eigenvalue weighted by Gasteiger charge is -2.46. The van der Waals surface area contributed by atoms with Crippen LogP contribution >= 0.6 is 0 Å². The van der Waals surface area contributed by atoms with Gasteiger partial charge in [-0.1, -0.05) is 30.3 Å². The number of carbonyl (C=O) groups is 1. The summed E-state index contributed by atoms with van der Waals surface area (Å²) in [5.74, 6) is 0. The van der Waals surface area contributed by atoms with Crippen LogP contribution in [0.1, 0.15) is 58.4 Å². The van der Waals surface area contributed by atoms with Crippen LogP contribution in [0.2, 0.25) is 0 Å². The van der Waals surface area contributed by atoms with Crippen LogP contribution in [-0.4, -0.2) is 29.8 Å². The molecule has 2 saturated heterocycles. The van der Waals surface area contributed by atoms with Crippen LogP contribution in [-0.2, 0) is 11.3 Å². The van der Waals surface area contributed by atoms with Gasteiger partial charge in [0.05, 0.1) is 12.1 Å². The fourth-order valence-electron chi connectivity index (χ4n) is 4.35. The third-order valence-corrected chi connectivity index (χ3v) is 5.26. The van der Waals surface area contributed by atoms with Gasteiger partial charge in [-0.3, -0.25) is 0 Å². The van der Waals surface area contributed by atoms with Crippen LogP contribution in [0.4, 0.5) is 4.79 Å². The fourth-order valence-corrected chi connectivity index (χ4v) is 4.35. The number of hydrogen-bond acceptors (Lipinski definition) is 2. The van der Waals surface area contributed by atoms with Crippen molar-refractivity contribution in [1.82, 2.24) is 5.32 Å². The van der Waals surface area contributed by atoms with Gasteiger partial charge < -0.3 is 15.0 Å². The average molecular weight is 331 g/mol. The SMILES string of the molecule is CC(C)(C)OC(=O)NC1C[C@H]2CCC[C@@H](C1)[NH+]2Cc1ccccc1. The highest BCUT2D eigenvalue weighted by Gasteiger charge is 2.42. The number of benzene rings is 1. The van der Waals surface area contributed by atoms with E-state index in [4.69, 9.17) is 4.74 Å². The Bertz CT molecular complexity index is 539. The van der Waals surface area contributed by atoms with Crippen molar-refractivity contribution in [3.63, 3.8) is 0 Å². The first-order valence-electron chi connectivity index (χ1n) is 9.30. The molecule has 4 atom stereocenters. The van der Waals surface area contributed by atoms with Crippen molar-refractivity contribution in [2.75, 3.05) is 0 Å². The lowest BCUT2D eigenvalue weighted by Crippen LogP contribution is -3.20. The number of piperidine rings is 2. The summed E-state index contributed by atoms with van der Waals surface area (Å²) in [6.45, 7) is 6.84. The van der Waals surface area contributed by atoms with Gasteiger partial charge in [0, 0.05) is 24.4 Å². The summed E-state index contributed by atoms with van der Waals surface area (Å²) in [5, 5.41) is 3.11. The van der Waals surface area contributed by atoms with Gasteiger partial charge in [0.2, 0.25) is 0 Å². The standard InChI is InChI=1S/C20H30N2O2/c1-20(2,3)24-19(23)21-16-12-17-10-7-11-18(13-16)22(17)14-15-8-5-4-6-9-15/h4-6,8-9,16-18H,7,10-14H2,1-3H3,(H,21,23)/p+1/t16?,17-,18+. The molecule has 2 unspecified atom stereocenters. The Morgan fingerprint density at radius 1 is 1.17 bits per heavy atom. The molecule has 4 nitrogen and oxygen atoms in total. The zero-order chi connectivity index (χ0) is 17.2. The molecule has 2 fully saturated rings. The second kappa shape index (κ2) is 7.14. The second-order valence-electron chi connectivity index (χ2n) is 8.38. The smallest absolute Gasteiger partial charge is 0.407 e. The molecule has 3 rings (SSSR count). The molecule has 0 aliphatic carbocycles. The minimum atomic E-state index is -0.431. The molecule has 2 aliphatic heterocycles. The van der Waals surface area contributed by atoms with Crippen molar-refractivity contribution >= 4 is 6.09 Å². The van der Waals surface area contributed by atoms with Crippen molar-refractivity contribution in [3.05, 3.63) is 35.9 Å². The Kier molecular flexibility index (Phi) is 5.14. The van der Waals surface area contributed by atoms with Crippen molar-refractivity contribution in [1.29, 1.82) is 0 Å². The van der Waals surface area contributed by atoms with E-state index in [-0.39, 0.29) is 12.1 Å². The van der Waals surface area contributed by atoms with E-state index >= 15 is 0 Å². The van der Waals surface area contributed by atoms with Crippen LogP contribution < -0.4 is 10.2 Å². The summed E-state index contributed by atoms with van der Waals surface area (Å²) in [6.07, 6.45) is 5.73. The largest absolute Gasteiger partial charge is 0.444 e. The molecule has 132 valence electrons. The van der Waals surface area contributed by atoms with E-state index in [9.17, 15) is 4.79 Å². The maximum atomic E-state index is 12.1. The van der Waals surface area contributed by atoms with Crippen molar-refractivity contribution in [2.24, 2.45) is 0 Å². The molecule has 0 saturated carbocycles. The molecule has 0 spiro atoms. The van der Waals surface area contributed by atoms with Gasteiger partial charge in [0.15, 0.2) is 0 Å². The van der Waals surface area contributed by atoms with Crippen LogP contribution in [0, 0.1) is 0 Å². The number of nitrogens with one attached hydrogen (secondary N) is 2. The van der Waals surface area contributed by atoms with E-state index < -0.39 is 5.60 Å². The van der Waals surface area contributed by atoms with E-state index in [2.05, 4.69) is 35.6 Å². The lowest BCUT2D eigenvalue weighted by molar-refractivity contribution is -0.973. The summed E-state index contributed by atoms with van der Waals surface area (Å²) < 4.78 is 5.43. The van der Waals surface area contributed by atoms with E-state index in [1.54, 1.807) is 4.90 Å². The molecule has 0 aromatic heterocycles. The molecule has 2 heterocycles. The van der Waals surface area contributed by atoms with Crippen LogP contribution in [0.3, 0.4) is 0 Å². The molecule has 1 aromatic rings. The molecule has 2 aliphatic rings. The number of ether oxygens (including phenoxy) is 1. The first-order valence-corrected chi connectivity index (χ1v) is 9.30. The molecule has 4 heteroatoms. The van der Waals surface area contributed by atoms with Crippen LogP contribution in [0.5, 0.6) is 0 Å². The Morgan fingerprint density at radius 2 is 1.79 bits per heavy atom. The lowest BCUT2D eigenvalue weighted by atomic mass is 9.81. The number of carbonyl (C=O) groups excluding carboxylic acids is 1. The first-order chi connectivity index (χ1) is 11.4. The highest BCUT2D eigenvalue weighted by Crippen LogP contribution is 2.23. The summed E-state index contributed by atoms with van der Waals surface area (Å²) in [6, 6.07) is 12.4. The topological polar surface area (TPSA) is 42.8 Å². The fraction of sp³-hybridized carbons (Fsp3) is 0.650. The third-order valence-electron chi connectivity index (χ3n) is 5.26. The zero-order valence-corrected chi connectivity index (χ0v) is 15.2. The number of hydrogen-bond donors (Lipinski definition) is 2. The Labute approximate surface area is 145 Å². The maximum Gasteiger partial charge on any atom is 0.407 e. The summed E-state index contributed by atoms with van der Waals surface area (Å²) in [4.78, 5) is 13.8. The van der Waals surface area contributed by atoms with E-state index in [0.717, 1.165) is 19.4 Å². The number of fused-ring (bicyclic) bond motifs is 2. The molecule has 2 N–H and O–H groups in total. The minimum absolute atomic E-state index is 0.259. The van der Waals surface area contributed by atoms with Crippen molar-refractivity contribution in [3.8, 4) is 0 Å². The Morgan fingerprint density at radius 3 is 2.38 bits per heavy atom. The van der Waals surface area contributed by atoms with Gasteiger partial charge in [-0.25, -0.2) is 4.79 Å². The van der Waals surface area contributed by atoms with Gasteiger partial charge in [0.25, 0.3) is 0 Å². The Balaban J connectivity index is 1.60. The van der Waals surface area contributed by atoms with Crippen molar-refractivity contribution in [2.45, 2.75) is 83.1 Å². The van der Waals surface area contributed by atoms with Gasteiger partial charge in [-0.15, -0.1) is 0 Å². The molecular weight excluding hydrogens is 300 g/mol. The number of alkyl carbamates (subject to hydrolysis) is 1. The predicted molar refractivity (Wildman–Crippen MR) is 94.9 cm³/mol. The summed E-state index contributed by atoms with van der Waals surface area (Å²) in [5.41, 5.74) is 0.988. The zero-order valence-electron chi connectivity index (χ0n) is 15.2. The molecule has 24 heavy (non-hydrogen) atoms. The molecule has 2 bridgehead atoms. The van der Waals surface area contributed by atoms with Gasteiger partial charge in [-0.2, -0.15) is 0 Å². The van der Waals surface area contributed by atoms with E-state index in [0.29, 0.717) is 12.1 Å². The normalized spacial score (nSPS) is 29.8. The molecule has 0 radical (unpaired) electrons. The number of quaternary nitrogens is 1. The molecule has 1 amide bonds. The Hall–Kier alpha value is -1.55. The first kappa shape index (κ1) is 17.3. The third kappa shape index (κ3) is 4.50. The molecule has 1 aromatic carbocycles. The summed E-state index contributed by atoms with van der Waals surface area (Å²) in [7, 11) is 0. The predicted octanol–water partition coefficient (Wildman–Crippen LogP) is 2.68. The minimum Gasteiger partial charge on any atom is -0.444 e. The van der Waals surface area contributed by atoms with E-state index in [1.807, 2.05) is 20.8 Å². The van der Waals surface area contributed by atoms with Crippen molar-refractivity contribution < 1.29 is 14.4 Å². The second-order valence-corrected chi connectivity index (χ2v) is 8.38. The highest BCUT2D eigenvalue weighted by atomic mass is 16.6. The average Bonchev–Trinajstić information content (AvgIpc) is 2.47. The quantitative estimate of drug-likeness (QED) is 0.894. The number of amides is 1. The van der Waals surface area contributed by atoms with Gasteiger partial charge >= 0.3 is 6.09 Å². The van der Waals surface area contributed by atoms with Crippen LogP contribution in [0.15, 0.2) is 30.3 Å². The van der Waals surface area contributed by atoms with Gasteiger partial charge in [-0.05, 0) is 40.0 Å². The van der Waals surface area contributed by atoms with Crippen LogP contribution in [0.25, 0.3) is 0 Å². The summed E-state index contributed by atoms with van der Waals surface area (Å²) >= 11 is 0. The monoisotopic (exact) mass is 331 g/mol. The van der Waals surface area contributed by atoms with Gasteiger partial charge in [0.1, 0.15) is 12.1 Å².